The minimum atomic E-state index is -0.233. The van der Waals surface area contributed by atoms with Gasteiger partial charge in [0.25, 0.3) is 0 Å². The number of hydrazine groups is 1. The van der Waals surface area contributed by atoms with Crippen molar-refractivity contribution in [3.8, 4) is 0 Å². The van der Waals surface area contributed by atoms with Crippen molar-refractivity contribution in [3.05, 3.63) is 68.9 Å². The zero-order chi connectivity index (χ0) is 14.0. The maximum absolute atomic E-state index is 13.2. The number of halogens is 2. The highest BCUT2D eigenvalue weighted by Crippen LogP contribution is 2.30. The molecule has 4 heteroatoms. The summed E-state index contributed by atoms with van der Waals surface area (Å²) in [4.78, 5) is 0. The lowest BCUT2D eigenvalue weighted by Crippen LogP contribution is -2.30. The summed E-state index contributed by atoms with van der Waals surface area (Å²) in [5, 5.41) is 0. The van der Waals surface area contributed by atoms with Crippen LogP contribution in [0.4, 0.5) is 4.39 Å². The van der Waals surface area contributed by atoms with E-state index >= 15 is 0 Å². The summed E-state index contributed by atoms with van der Waals surface area (Å²) in [5.74, 6) is 5.47. The molecular weight excluding hydrogens is 307 g/mol. The van der Waals surface area contributed by atoms with Gasteiger partial charge in [-0.3, -0.25) is 5.84 Å². The highest BCUT2D eigenvalue weighted by Gasteiger charge is 2.17. The molecule has 3 N–H and O–H groups in total. The first kappa shape index (κ1) is 14.2. The van der Waals surface area contributed by atoms with E-state index in [4.69, 9.17) is 5.84 Å². The highest BCUT2D eigenvalue weighted by atomic mass is 79.9. The van der Waals surface area contributed by atoms with E-state index in [9.17, 15) is 4.39 Å². The largest absolute Gasteiger partial charge is 0.271 e. The number of hydrogen-bond acceptors (Lipinski definition) is 2. The monoisotopic (exact) mass is 322 g/mol. The summed E-state index contributed by atoms with van der Waals surface area (Å²) in [6.07, 6.45) is 0. The number of rotatable bonds is 3. The van der Waals surface area contributed by atoms with Crippen molar-refractivity contribution in [1.82, 2.24) is 5.43 Å². The van der Waals surface area contributed by atoms with Gasteiger partial charge in [0, 0.05) is 4.47 Å². The van der Waals surface area contributed by atoms with Gasteiger partial charge < -0.3 is 0 Å². The Labute approximate surface area is 120 Å². The molecule has 1 atom stereocenters. The maximum Gasteiger partial charge on any atom is 0.123 e. The van der Waals surface area contributed by atoms with Crippen LogP contribution in [0.2, 0.25) is 0 Å². The molecule has 0 spiro atoms. The van der Waals surface area contributed by atoms with Crippen LogP contribution >= 0.6 is 15.9 Å². The smallest absolute Gasteiger partial charge is 0.123 e. The lowest BCUT2D eigenvalue weighted by Gasteiger charge is -2.21. The van der Waals surface area contributed by atoms with Gasteiger partial charge in [-0.05, 0) is 54.3 Å². The van der Waals surface area contributed by atoms with Crippen molar-refractivity contribution in [3.63, 3.8) is 0 Å². The molecule has 0 bridgehead atoms. The second-order valence-corrected chi connectivity index (χ2v) is 5.41. The number of nitrogens with one attached hydrogen (secondary N) is 1. The Bertz CT molecular complexity index is 599. The van der Waals surface area contributed by atoms with Gasteiger partial charge in [0.1, 0.15) is 5.82 Å². The molecule has 0 heterocycles. The lowest BCUT2D eigenvalue weighted by atomic mass is 9.92. The van der Waals surface area contributed by atoms with Gasteiger partial charge in [-0.15, -0.1) is 0 Å². The van der Waals surface area contributed by atoms with Crippen LogP contribution < -0.4 is 11.3 Å². The fraction of sp³-hybridized carbons (Fsp3) is 0.200. The zero-order valence-corrected chi connectivity index (χ0v) is 12.5. The number of nitrogens with two attached hydrogens (primary N) is 1. The summed E-state index contributed by atoms with van der Waals surface area (Å²) >= 11 is 3.52. The summed E-state index contributed by atoms with van der Waals surface area (Å²) in [5.41, 5.74) is 6.87. The first-order chi connectivity index (χ1) is 9.04. The molecule has 2 aromatic carbocycles. The molecule has 0 aliphatic rings. The molecule has 0 saturated carbocycles. The fourth-order valence-electron chi connectivity index (χ4n) is 2.25. The van der Waals surface area contributed by atoms with Gasteiger partial charge in [0.15, 0.2) is 0 Å². The normalized spacial score (nSPS) is 12.5. The number of benzene rings is 2. The SMILES string of the molecule is Cc1cc(F)ccc1C(NN)c1cccc(Br)c1C. The van der Waals surface area contributed by atoms with Gasteiger partial charge in [0.05, 0.1) is 6.04 Å². The molecule has 19 heavy (non-hydrogen) atoms. The van der Waals surface area contributed by atoms with Crippen molar-refractivity contribution in [1.29, 1.82) is 0 Å². The van der Waals surface area contributed by atoms with Crippen molar-refractivity contribution < 1.29 is 4.39 Å². The Balaban J connectivity index is 2.53. The predicted octanol–water partition coefficient (Wildman–Crippen LogP) is 3.76. The molecule has 2 nitrogen and oxygen atoms in total. The fourth-order valence-corrected chi connectivity index (χ4v) is 2.63. The first-order valence-electron chi connectivity index (χ1n) is 6.01. The summed E-state index contributed by atoms with van der Waals surface area (Å²) in [7, 11) is 0. The molecule has 0 aliphatic heterocycles. The number of aryl methyl sites for hydroxylation is 1. The van der Waals surface area contributed by atoms with Crippen molar-refractivity contribution >= 4 is 15.9 Å². The second-order valence-electron chi connectivity index (χ2n) is 4.55. The van der Waals surface area contributed by atoms with Gasteiger partial charge in [-0.25, -0.2) is 9.82 Å². The highest BCUT2D eigenvalue weighted by molar-refractivity contribution is 9.10. The van der Waals surface area contributed by atoms with E-state index in [1.54, 1.807) is 6.07 Å². The zero-order valence-electron chi connectivity index (χ0n) is 10.9. The van der Waals surface area contributed by atoms with Crippen LogP contribution in [-0.2, 0) is 0 Å². The quantitative estimate of drug-likeness (QED) is 0.667. The van der Waals surface area contributed by atoms with E-state index in [1.807, 2.05) is 32.0 Å². The topological polar surface area (TPSA) is 38.0 Å². The molecule has 0 aliphatic carbocycles. The third-order valence-electron chi connectivity index (χ3n) is 3.33. The predicted molar refractivity (Wildman–Crippen MR) is 79.2 cm³/mol. The Hall–Kier alpha value is -1.23. The minimum absolute atomic E-state index is 0.155. The molecule has 0 saturated heterocycles. The average Bonchev–Trinajstić information content (AvgIpc) is 2.37. The third-order valence-corrected chi connectivity index (χ3v) is 4.19. The van der Waals surface area contributed by atoms with Crippen LogP contribution in [0.25, 0.3) is 0 Å². The van der Waals surface area contributed by atoms with E-state index in [0.717, 1.165) is 26.7 Å². The summed E-state index contributed by atoms with van der Waals surface area (Å²) in [6, 6.07) is 10.6. The third kappa shape index (κ3) is 2.86. The number of hydrogen-bond donors (Lipinski definition) is 2. The Morgan fingerprint density at radius 1 is 1.16 bits per heavy atom. The van der Waals surface area contributed by atoms with Gasteiger partial charge in [0.2, 0.25) is 0 Å². The van der Waals surface area contributed by atoms with Crippen LogP contribution in [0, 0.1) is 19.7 Å². The molecule has 1 unspecified atom stereocenters. The van der Waals surface area contributed by atoms with Crippen LogP contribution in [0.1, 0.15) is 28.3 Å². The van der Waals surface area contributed by atoms with Crippen molar-refractivity contribution in [2.75, 3.05) is 0 Å². The standard InChI is InChI=1S/C15H16BrFN2/c1-9-8-11(17)6-7-12(9)15(19-18)13-4-3-5-14(16)10(13)2/h3-8,15,19H,18H2,1-2H3. The molecule has 0 amide bonds. The summed E-state index contributed by atoms with van der Waals surface area (Å²) in [6.45, 7) is 3.92. The van der Waals surface area contributed by atoms with E-state index in [0.29, 0.717) is 0 Å². The van der Waals surface area contributed by atoms with Crippen LogP contribution in [0.15, 0.2) is 40.9 Å². The Kier molecular flexibility index (Phi) is 4.34. The Morgan fingerprint density at radius 3 is 2.53 bits per heavy atom. The molecule has 100 valence electrons. The molecule has 2 aromatic rings. The molecule has 2 rings (SSSR count). The van der Waals surface area contributed by atoms with Gasteiger partial charge >= 0.3 is 0 Å². The summed E-state index contributed by atoms with van der Waals surface area (Å²) < 4.78 is 14.2. The average molecular weight is 323 g/mol. The van der Waals surface area contributed by atoms with Gasteiger partial charge in [-0.2, -0.15) is 0 Å². The van der Waals surface area contributed by atoms with Gasteiger partial charge in [-0.1, -0.05) is 34.1 Å². The van der Waals surface area contributed by atoms with Crippen LogP contribution in [-0.4, -0.2) is 0 Å². The Morgan fingerprint density at radius 2 is 1.89 bits per heavy atom. The second kappa shape index (κ2) is 5.82. The van der Waals surface area contributed by atoms with E-state index in [2.05, 4.69) is 21.4 Å². The molecule has 0 radical (unpaired) electrons. The van der Waals surface area contributed by atoms with Crippen molar-refractivity contribution in [2.45, 2.75) is 19.9 Å². The van der Waals surface area contributed by atoms with Crippen molar-refractivity contribution in [2.24, 2.45) is 5.84 Å². The van der Waals surface area contributed by atoms with E-state index in [-0.39, 0.29) is 11.9 Å². The van der Waals surface area contributed by atoms with E-state index in [1.165, 1.54) is 12.1 Å². The molecular formula is C15H16BrFN2. The molecule has 0 aromatic heterocycles. The van der Waals surface area contributed by atoms with Crippen LogP contribution in [0.3, 0.4) is 0 Å². The first-order valence-corrected chi connectivity index (χ1v) is 6.81. The molecule has 0 fully saturated rings. The lowest BCUT2D eigenvalue weighted by molar-refractivity contribution is 0.610. The van der Waals surface area contributed by atoms with E-state index < -0.39 is 0 Å². The minimum Gasteiger partial charge on any atom is -0.271 e. The maximum atomic E-state index is 13.2. The van der Waals surface area contributed by atoms with Crippen LogP contribution in [0.5, 0.6) is 0 Å².